The molecule has 162 valence electrons. The Hall–Kier alpha value is -3.80. The molecule has 3 aromatic rings. The highest BCUT2D eigenvalue weighted by atomic mass is 16.5. The number of benzene rings is 2. The molecule has 0 aliphatic heterocycles. The zero-order valence-corrected chi connectivity index (χ0v) is 18.5. The lowest BCUT2D eigenvalue weighted by molar-refractivity contribution is 0.340. The molecule has 0 spiro atoms. The van der Waals surface area contributed by atoms with Crippen LogP contribution in [-0.2, 0) is 0 Å². The van der Waals surface area contributed by atoms with Crippen LogP contribution < -0.4 is 19.6 Å². The molecule has 6 heteroatoms. The number of pyridine rings is 1. The second-order valence-corrected chi connectivity index (χ2v) is 6.26. The van der Waals surface area contributed by atoms with Gasteiger partial charge in [-0.25, -0.2) is 0 Å². The highest BCUT2D eigenvalue weighted by molar-refractivity contribution is 5.80. The van der Waals surface area contributed by atoms with Crippen molar-refractivity contribution in [1.29, 1.82) is 0 Å². The molecule has 0 saturated carbocycles. The monoisotopic (exact) mass is 419 g/mol. The number of hydrazone groups is 1. The van der Waals surface area contributed by atoms with E-state index in [9.17, 15) is 0 Å². The Morgan fingerprint density at radius 1 is 0.935 bits per heavy atom. The summed E-state index contributed by atoms with van der Waals surface area (Å²) in [4.78, 5) is 4.19. The first kappa shape index (κ1) is 23.5. The third kappa shape index (κ3) is 7.51. The number of hydrogen-bond donors (Lipinski definition) is 1. The van der Waals surface area contributed by atoms with Gasteiger partial charge >= 0.3 is 0 Å². The van der Waals surface area contributed by atoms with Crippen molar-refractivity contribution >= 4 is 12.3 Å². The van der Waals surface area contributed by atoms with E-state index in [0.717, 1.165) is 39.6 Å². The van der Waals surface area contributed by atoms with Gasteiger partial charge in [0.15, 0.2) is 0 Å². The van der Waals surface area contributed by atoms with Crippen molar-refractivity contribution in [2.24, 2.45) is 5.10 Å². The number of aromatic nitrogens is 1. The number of nitrogens with one attached hydrogen (secondary N) is 1. The molecule has 0 radical (unpaired) electrons. The molecule has 0 unspecified atom stereocenters. The van der Waals surface area contributed by atoms with Crippen molar-refractivity contribution in [3.8, 4) is 28.4 Å². The van der Waals surface area contributed by atoms with E-state index in [4.69, 9.17) is 14.2 Å². The van der Waals surface area contributed by atoms with E-state index in [2.05, 4.69) is 22.1 Å². The van der Waals surface area contributed by atoms with Gasteiger partial charge in [-0.2, -0.15) is 5.10 Å². The zero-order valence-electron chi connectivity index (χ0n) is 18.5. The van der Waals surface area contributed by atoms with Crippen molar-refractivity contribution in [2.45, 2.75) is 6.92 Å². The molecule has 6 nitrogen and oxygen atoms in total. The van der Waals surface area contributed by atoms with Gasteiger partial charge in [0.2, 0.25) is 0 Å². The van der Waals surface area contributed by atoms with Crippen LogP contribution in [0.15, 0.2) is 72.5 Å². The van der Waals surface area contributed by atoms with Crippen LogP contribution in [0.3, 0.4) is 0 Å². The second kappa shape index (κ2) is 12.7. The van der Waals surface area contributed by atoms with E-state index < -0.39 is 0 Å². The number of nitrogens with zero attached hydrogens (tertiary/aromatic N) is 2. The Balaban J connectivity index is 0.000000225. The van der Waals surface area contributed by atoms with E-state index in [1.165, 1.54) is 0 Å². The van der Waals surface area contributed by atoms with Crippen molar-refractivity contribution in [3.63, 3.8) is 0 Å². The molecule has 0 fully saturated rings. The molecule has 0 amide bonds. The summed E-state index contributed by atoms with van der Waals surface area (Å²) in [6.45, 7) is 6.39. The number of ether oxygens (including phenoxy) is 3. The van der Waals surface area contributed by atoms with E-state index in [1.807, 2.05) is 61.5 Å². The summed E-state index contributed by atoms with van der Waals surface area (Å²) in [7, 11) is 4.98. The van der Waals surface area contributed by atoms with Gasteiger partial charge in [-0.3, -0.25) is 4.98 Å². The fourth-order valence-corrected chi connectivity index (χ4v) is 2.69. The average molecular weight is 420 g/mol. The van der Waals surface area contributed by atoms with Crippen LogP contribution in [0.25, 0.3) is 17.2 Å². The Labute approximate surface area is 184 Å². The quantitative estimate of drug-likeness (QED) is 0.409. The Bertz CT molecular complexity index is 963. The molecule has 1 N–H and O–H groups in total. The minimum absolute atomic E-state index is 0.690. The predicted molar refractivity (Wildman–Crippen MR) is 127 cm³/mol. The lowest BCUT2D eigenvalue weighted by atomic mass is 10.1. The van der Waals surface area contributed by atoms with Crippen LogP contribution in [0.1, 0.15) is 18.2 Å². The molecule has 0 aliphatic carbocycles. The maximum Gasteiger partial charge on any atom is 0.123 e. The fourth-order valence-electron chi connectivity index (χ4n) is 2.69. The molecule has 0 bridgehead atoms. The van der Waals surface area contributed by atoms with Crippen LogP contribution in [0.4, 0.5) is 0 Å². The molecule has 0 aliphatic rings. The van der Waals surface area contributed by atoms with E-state index in [-0.39, 0.29) is 0 Å². The number of methoxy groups -OCH3 is 2. The second-order valence-electron chi connectivity index (χ2n) is 6.26. The molecule has 2 aromatic carbocycles. The topological polar surface area (TPSA) is 65.0 Å². The van der Waals surface area contributed by atoms with Crippen LogP contribution in [-0.4, -0.2) is 39.1 Å². The largest absolute Gasteiger partial charge is 0.497 e. The van der Waals surface area contributed by atoms with Crippen molar-refractivity contribution in [2.75, 3.05) is 27.9 Å². The molecule has 0 saturated heterocycles. The van der Waals surface area contributed by atoms with E-state index in [0.29, 0.717) is 6.61 Å². The maximum absolute atomic E-state index is 5.41. The number of rotatable bonds is 8. The first-order chi connectivity index (χ1) is 15.1. The summed E-state index contributed by atoms with van der Waals surface area (Å²) in [5.74, 6) is 2.40. The molecule has 1 aromatic heterocycles. The Kier molecular flexibility index (Phi) is 9.62. The molecule has 31 heavy (non-hydrogen) atoms. The average Bonchev–Trinajstić information content (AvgIpc) is 2.83. The van der Waals surface area contributed by atoms with Crippen LogP contribution >= 0.6 is 0 Å². The minimum Gasteiger partial charge on any atom is -0.497 e. The minimum atomic E-state index is 0.690. The Morgan fingerprint density at radius 3 is 2.16 bits per heavy atom. The summed E-state index contributed by atoms with van der Waals surface area (Å²) in [6.07, 6.45) is 5.24. The standard InChI is InChI=1S/C15H15NO.C10H14N2O2/c1-3-14-11-13(9-10-16-14)12-5-7-15(8-6-12)17-4-2;1-11-12-7-8-4-9(13-2)6-10(5-8)14-3/h3,5-11H,1,4H2,2H3;4-7,11H,1-3H3/b;12-7+. The van der Waals surface area contributed by atoms with Crippen molar-refractivity contribution in [3.05, 3.63) is 78.6 Å². The first-order valence-electron chi connectivity index (χ1n) is 9.88. The SMILES string of the molecule is C=Cc1cc(-c2ccc(OCC)cc2)ccn1.CN/N=C/c1cc(OC)cc(OC)c1. The van der Waals surface area contributed by atoms with Gasteiger partial charge in [-0.1, -0.05) is 18.7 Å². The van der Waals surface area contributed by atoms with Crippen LogP contribution in [0.2, 0.25) is 0 Å². The van der Waals surface area contributed by atoms with Gasteiger partial charge in [0.1, 0.15) is 17.2 Å². The van der Waals surface area contributed by atoms with Gasteiger partial charge in [-0.05, 0) is 60.5 Å². The maximum atomic E-state index is 5.41. The van der Waals surface area contributed by atoms with Crippen LogP contribution in [0, 0.1) is 0 Å². The third-order valence-corrected chi connectivity index (χ3v) is 4.21. The molecule has 0 atom stereocenters. The van der Waals surface area contributed by atoms with Gasteiger partial charge in [0, 0.05) is 24.9 Å². The predicted octanol–water partition coefficient (Wildman–Crippen LogP) is 5.05. The van der Waals surface area contributed by atoms with Gasteiger partial charge < -0.3 is 19.6 Å². The number of hydrogen-bond acceptors (Lipinski definition) is 6. The molecular formula is C25H29N3O3. The summed E-state index contributed by atoms with van der Waals surface area (Å²) >= 11 is 0. The molecule has 3 rings (SSSR count). The van der Waals surface area contributed by atoms with Crippen molar-refractivity contribution < 1.29 is 14.2 Å². The summed E-state index contributed by atoms with van der Waals surface area (Å²) in [5.41, 5.74) is 6.78. The smallest absolute Gasteiger partial charge is 0.123 e. The normalized spacial score (nSPS) is 10.1. The Morgan fingerprint density at radius 2 is 1.61 bits per heavy atom. The lowest BCUT2D eigenvalue weighted by Crippen LogP contribution is -1.96. The summed E-state index contributed by atoms with van der Waals surface area (Å²) in [5, 5.41) is 3.91. The zero-order chi connectivity index (χ0) is 22.5. The molecular weight excluding hydrogens is 390 g/mol. The fraction of sp³-hybridized carbons (Fsp3) is 0.200. The highest BCUT2D eigenvalue weighted by Gasteiger charge is 2.00. The first-order valence-corrected chi connectivity index (χ1v) is 9.88. The summed E-state index contributed by atoms with van der Waals surface area (Å²) < 4.78 is 15.6. The third-order valence-electron chi connectivity index (χ3n) is 4.21. The van der Waals surface area contributed by atoms with Gasteiger partial charge in [-0.15, -0.1) is 0 Å². The van der Waals surface area contributed by atoms with E-state index >= 15 is 0 Å². The van der Waals surface area contributed by atoms with Gasteiger partial charge in [0.25, 0.3) is 0 Å². The van der Waals surface area contributed by atoms with Gasteiger partial charge in [0.05, 0.1) is 32.7 Å². The lowest BCUT2D eigenvalue weighted by Gasteiger charge is -2.05. The molecule has 1 heterocycles. The summed E-state index contributed by atoms with van der Waals surface area (Å²) in [6, 6.07) is 17.6. The highest BCUT2D eigenvalue weighted by Crippen LogP contribution is 2.23. The van der Waals surface area contributed by atoms with E-state index in [1.54, 1.807) is 39.8 Å². The van der Waals surface area contributed by atoms with Crippen LogP contribution in [0.5, 0.6) is 17.2 Å². The van der Waals surface area contributed by atoms with Crippen molar-refractivity contribution in [1.82, 2.24) is 10.4 Å².